The van der Waals surface area contributed by atoms with E-state index in [1.807, 2.05) is 36.0 Å². The van der Waals surface area contributed by atoms with Gasteiger partial charge in [-0.1, -0.05) is 12.1 Å². The monoisotopic (exact) mass is 399 g/mol. The summed E-state index contributed by atoms with van der Waals surface area (Å²) in [6.45, 7) is 2.14. The second-order valence-corrected chi connectivity index (χ2v) is 9.37. The first-order valence-electron chi connectivity index (χ1n) is 10.1. The molecule has 2 N–H and O–H groups in total. The maximum Gasteiger partial charge on any atom is 0.118 e. The van der Waals surface area contributed by atoms with Gasteiger partial charge in [-0.25, -0.2) is 0 Å². The second kappa shape index (κ2) is 8.36. The summed E-state index contributed by atoms with van der Waals surface area (Å²) in [5.41, 5.74) is 0.874. The molecule has 2 fully saturated rings. The molecule has 2 aliphatic rings. The van der Waals surface area contributed by atoms with Crippen molar-refractivity contribution >= 4 is 11.8 Å². The summed E-state index contributed by atoms with van der Waals surface area (Å²) in [6.07, 6.45) is 4.24. The Hall–Kier alpha value is -1.69. The summed E-state index contributed by atoms with van der Waals surface area (Å²) in [5, 5.41) is 21.0. The molecule has 150 valence electrons. The Labute approximate surface area is 171 Å². The van der Waals surface area contributed by atoms with E-state index in [1.54, 1.807) is 19.2 Å². The van der Waals surface area contributed by atoms with Gasteiger partial charge in [0.1, 0.15) is 11.5 Å². The van der Waals surface area contributed by atoms with Crippen LogP contribution in [0.4, 0.5) is 0 Å². The molecule has 0 spiro atoms. The zero-order valence-corrected chi connectivity index (χ0v) is 17.3. The second-order valence-electron chi connectivity index (χ2n) is 8.00. The quantitative estimate of drug-likeness (QED) is 0.743. The third kappa shape index (κ3) is 4.02. The molecule has 2 aromatic carbocycles. The van der Waals surface area contributed by atoms with Crippen molar-refractivity contribution in [2.45, 2.75) is 67.0 Å². The van der Waals surface area contributed by atoms with Crippen LogP contribution >= 0.6 is 11.8 Å². The van der Waals surface area contributed by atoms with Gasteiger partial charge >= 0.3 is 0 Å². The summed E-state index contributed by atoms with van der Waals surface area (Å²) < 4.78 is 5.26. The SMILES string of the molecule is COc1ccc(SC2CC3CCC(C2)N3[C@H](C)[C@@H](O)c2ccc(O)cc2)cc1. The fourth-order valence-corrected chi connectivity index (χ4v) is 6.20. The Bertz CT molecular complexity index is 765. The van der Waals surface area contributed by atoms with Gasteiger partial charge in [0.25, 0.3) is 0 Å². The molecular weight excluding hydrogens is 370 g/mol. The third-order valence-electron chi connectivity index (χ3n) is 6.27. The molecule has 2 bridgehead atoms. The highest BCUT2D eigenvalue weighted by Crippen LogP contribution is 2.44. The number of phenolic OH excluding ortho intramolecular Hbond substituents is 1. The van der Waals surface area contributed by atoms with E-state index in [1.165, 1.54) is 30.6 Å². The van der Waals surface area contributed by atoms with E-state index >= 15 is 0 Å². The number of hydrogen-bond donors (Lipinski definition) is 2. The fraction of sp³-hybridized carbons (Fsp3) is 0.478. The van der Waals surface area contributed by atoms with Crippen molar-refractivity contribution < 1.29 is 14.9 Å². The molecule has 2 aliphatic heterocycles. The van der Waals surface area contributed by atoms with Gasteiger partial charge in [0, 0.05) is 28.3 Å². The van der Waals surface area contributed by atoms with Gasteiger partial charge in [0.2, 0.25) is 0 Å². The van der Waals surface area contributed by atoms with Crippen LogP contribution < -0.4 is 4.74 Å². The normalized spacial score (nSPS) is 26.8. The molecule has 4 atom stereocenters. The van der Waals surface area contributed by atoms with Crippen LogP contribution in [-0.2, 0) is 0 Å². The number of thioether (sulfide) groups is 1. The molecule has 0 aromatic heterocycles. The number of methoxy groups -OCH3 is 1. The minimum Gasteiger partial charge on any atom is -0.508 e. The van der Waals surface area contributed by atoms with E-state index in [2.05, 4.69) is 24.0 Å². The number of nitrogens with zero attached hydrogens (tertiary/aromatic N) is 1. The van der Waals surface area contributed by atoms with Crippen LogP contribution in [0.15, 0.2) is 53.4 Å². The highest BCUT2D eigenvalue weighted by atomic mass is 32.2. The molecule has 28 heavy (non-hydrogen) atoms. The predicted molar refractivity (Wildman–Crippen MR) is 113 cm³/mol. The average molecular weight is 400 g/mol. The third-order valence-corrected chi connectivity index (χ3v) is 7.53. The summed E-state index contributed by atoms with van der Waals surface area (Å²) in [6, 6.07) is 16.5. The molecule has 5 heteroatoms. The Kier molecular flexibility index (Phi) is 5.85. The maximum atomic E-state index is 10.9. The molecule has 0 amide bonds. The van der Waals surface area contributed by atoms with Crippen LogP contribution in [0, 0.1) is 0 Å². The molecule has 2 aromatic rings. The zero-order chi connectivity index (χ0) is 19.7. The summed E-state index contributed by atoms with van der Waals surface area (Å²) in [7, 11) is 1.70. The van der Waals surface area contributed by atoms with Crippen molar-refractivity contribution in [1.29, 1.82) is 0 Å². The highest BCUT2D eigenvalue weighted by molar-refractivity contribution is 8.00. The summed E-state index contributed by atoms with van der Waals surface area (Å²) >= 11 is 1.98. The smallest absolute Gasteiger partial charge is 0.118 e. The van der Waals surface area contributed by atoms with Crippen molar-refractivity contribution in [1.82, 2.24) is 4.90 Å². The topological polar surface area (TPSA) is 52.9 Å². The minimum absolute atomic E-state index is 0.0778. The van der Waals surface area contributed by atoms with E-state index in [-0.39, 0.29) is 11.8 Å². The predicted octanol–water partition coefficient (Wildman–Crippen LogP) is 4.61. The highest BCUT2D eigenvalue weighted by Gasteiger charge is 2.44. The first kappa shape index (κ1) is 19.6. The lowest BCUT2D eigenvalue weighted by atomic mass is 9.95. The van der Waals surface area contributed by atoms with Crippen molar-refractivity contribution in [3.8, 4) is 11.5 Å². The lowest BCUT2D eigenvalue weighted by Gasteiger charge is -2.43. The van der Waals surface area contributed by atoms with Crippen molar-refractivity contribution in [3.05, 3.63) is 54.1 Å². The van der Waals surface area contributed by atoms with E-state index in [0.29, 0.717) is 17.3 Å². The number of aromatic hydroxyl groups is 1. The lowest BCUT2D eigenvalue weighted by Crippen LogP contribution is -2.50. The van der Waals surface area contributed by atoms with Crippen LogP contribution in [0.5, 0.6) is 11.5 Å². The van der Waals surface area contributed by atoms with Gasteiger partial charge in [-0.3, -0.25) is 4.90 Å². The zero-order valence-electron chi connectivity index (χ0n) is 16.5. The molecule has 2 saturated heterocycles. The molecule has 2 unspecified atom stereocenters. The van der Waals surface area contributed by atoms with Gasteiger partial charge in [-0.05, 0) is 74.6 Å². The Balaban J connectivity index is 1.41. The molecule has 0 radical (unpaired) electrons. The van der Waals surface area contributed by atoms with E-state index < -0.39 is 6.10 Å². The van der Waals surface area contributed by atoms with E-state index in [4.69, 9.17) is 4.74 Å². The molecular formula is C23H29NO3S. The Morgan fingerprint density at radius 2 is 1.61 bits per heavy atom. The summed E-state index contributed by atoms with van der Waals surface area (Å²) in [5.74, 6) is 1.14. The van der Waals surface area contributed by atoms with Gasteiger partial charge < -0.3 is 14.9 Å². The minimum atomic E-state index is -0.533. The molecule has 0 aliphatic carbocycles. The van der Waals surface area contributed by atoms with Gasteiger partial charge in [0.15, 0.2) is 0 Å². The van der Waals surface area contributed by atoms with Gasteiger partial charge in [-0.15, -0.1) is 11.8 Å². The van der Waals surface area contributed by atoms with Crippen LogP contribution in [0.3, 0.4) is 0 Å². The average Bonchev–Trinajstić information content (AvgIpc) is 2.98. The number of piperidine rings is 1. The molecule has 4 nitrogen and oxygen atoms in total. The van der Waals surface area contributed by atoms with Crippen LogP contribution in [0.2, 0.25) is 0 Å². The Morgan fingerprint density at radius 3 is 2.18 bits per heavy atom. The van der Waals surface area contributed by atoms with Crippen molar-refractivity contribution in [2.24, 2.45) is 0 Å². The lowest BCUT2D eigenvalue weighted by molar-refractivity contribution is 0.0115. The number of hydrogen-bond acceptors (Lipinski definition) is 5. The summed E-state index contributed by atoms with van der Waals surface area (Å²) in [4.78, 5) is 3.86. The number of aliphatic hydroxyl groups is 1. The van der Waals surface area contributed by atoms with Crippen molar-refractivity contribution in [2.75, 3.05) is 7.11 Å². The number of fused-ring (bicyclic) bond motifs is 2. The van der Waals surface area contributed by atoms with Crippen LogP contribution in [0.1, 0.15) is 44.3 Å². The van der Waals surface area contributed by atoms with Crippen LogP contribution in [0.25, 0.3) is 0 Å². The number of aliphatic hydroxyl groups excluding tert-OH is 1. The van der Waals surface area contributed by atoms with Crippen LogP contribution in [-0.4, -0.2) is 45.6 Å². The molecule has 2 heterocycles. The largest absolute Gasteiger partial charge is 0.508 e. The number of benzene rings is 2. The van der Waals surface area contributed by atoms with Crippen molar-refractivity contribution in [3.63, 3.8) is 0 Å². The first-order valence-corrected chi connectivity index (χ1v) is 11.0. The molecule has 4 rings (SSSR count). The van der Waals surface area contributed by atoms with Gasteiger partial charge in [-0.2, -0.15) is 0 Å². The van der Waals surface area contributed by atoms with E-state index in [0.717, 1.165) is 11.3 Å². The van der Waals surface area contributed by atoms with E-state index in [9.17, 15) is 10.2 Å². The number of rotatable bonds is 6. The Morgan fingerprint density at radius 1 is 1.00 bits per heavy atom. The number of phenols is 1. The number of ether oxygens (including phenoxy) is 1. The maximum absolute atomic E-state index is 10.9. The fourth-order valence-electron chi connectivity index (χ4n) is 4.88. The first-order chi connectivity index (χ1) is 13.5. The molecule has 0 saturated carbocycles. The van der Waals surface area contributed by atoms with Gasteiger partial charge in [0.05, 0.1) is 13.2 Å². The standard InChI is InChI=1S/C23H29NO3S/c1-15(23(26)16-3-7-19(25)8-4-16)24-17-5-6-18(24)14-22(13-17)28-21-11-9-20(27-2)10-12-21/h3-4,7-12,15,17-18,22-23,25-26H,5-6,13-14H2,1-2H3/t15-,17?,18?,22?,23-/m1/s1.